The largest absolute Gasteiger partial charge is 0.340 e. The second-order valence-corrected chi connectivity index (χ2v) is 7.22. The van der Waals surface area contributed by atoms with Gasteiger partial charge in [0.2, 0.25) is 0 Å². The van der Waals surface area contributed by atoms with E-state index in [1.165, 1.54) is 0 Å². The maximum atomic E-state index is 13.9. The van der Waals surface area contributed by atoms with Crippen molar-refractivity contribution >= 4 is 12.2 Å². The van der Waals surface area contributed by atoms with Gasteiger partial charge in [0.1, 0.15) is 5.82 Å². The molecule has 1 aromatic rings. The SMILES string of the molecule is Cc1cc(F)cc(C2(N(C)C)CCC3(C=NC(=O)NC3)CC2)c1. The third kappa shape index (κ3) is 2.90. The highest BCUT2D eigenvalue weighted by atomic mass is 19.1. The fourth-order valence-electron chi connectivity index (χ4n) is 4.00. The van der Waals surface area contributed by atoms with Gasteiger partial charge >= 0.3 is 6.03 Å². The Balaban J connectivity index is 1.90. The molecule has 1 aliphatic carbocycles. The van der Waals surface area contributed by atoms with E-state index in [1.54, 1.807) is 12.1 Å². The number of rotatable bonds is 2. The number of hydrogen-bond acceptors (Lipinski definition) is 2. The van der Waals surface area contributed by atoms with Gasteiger partial charge in [-0.2, -0.15) is 0 Å². The first-order chi connectivity index (χ1) is 10.9. The van der Waals surface area contributed by atoms with Crippen LogP contribution in [0.15, 0.2) is 23.2 Å². The highest BCUT2D eigenvalue weighted by Gasteiger charge is 2.45. The van der Waals surface area contributed by atoms with E-state index in [9.17, 15) is 9.18 Å². The maximum absolute atomic E-state index is 13.9. The van der Waals surface area contributed by atoms with Gasteiger partial charge in [0, 0.05) is 23.7 Å². The predicted octanol–water partition coefficient (Wildman–Crippen LogP) is 3.25. The van der Waals surface area contributed by atoms with E-state index in [0.717, 1.165) is 36.8 Å². The molecule has 1 heterocycles. The molecule has 23 heavy (non-hydrogen) atoms. The zero-order chi connectivity index (χ0) is 16.7. The number of halogens is 1. The van der Waals surface area contributed by atoms with Crippen molar-refractivity contribution < 1.29 is 9.18 Å². The number of amides is 2. The number of aryl methyl sites for hydroxylation is 1. The third-order valence-corrected chi connectivity index (χ3v) is 5.56. The molecular weight excluding hydrogens is 293 g/mol. The summed E-state index contributed by atoms with van der Waals surface area (Å²) in [6, 6.07) is 5.08. The molecule has 1 fully saturated rings. The Morgan fingerprint density at radius 2 is 1.87 bits per heavy atom. The van der Waals surface area contributed by atoms with Crippen molar-refractivity contribution in [1.82, 2.24) is 10.2 Å². The molecule has 3 rings (SSSR count). The Bertz CT molecular complexity index is 625. The van der Waals surface area contributed by atoms with Crippen LogP contribution < -0.4 is 5.32 Å². The van der Waals surface area contributed by atoms with Crippen LogP contribution in [0.1, 0.15) is 36.8 Å². The summed E-state index contributed by atoms with van der Waals surface area (Å²) in [6.45, 7) is 2.59. The molecule has 4 nitrogen and oxygen atoms in total. The number of hydrogen-bond donors (Lipinski definition) is 1. The van der Waals surface area contributed by atoms with E-state index in [4.69, 9.17) is 0 Å². The number of carbonyl (C=O) groups excluding carboxylic acids is 1. The first-order valence-electron chi connectivity index (χ1n) is 8.13. The number of benzene rings is 1. The second kappa shape index (κ2) is 5.71. The van der Waals surface area contributed by atoms with Crippen LogP contribution in [0.3, 0.4) is 0 Å². The molecule has 0 bridgehead atoms. The molecule has 1 aromatic carbocycles. The predicted molar refractivity (Wildman–Crippen MR) is 89.3 cm³/mol. The fraction of sp³-hybridized carbons (Fsp3) is 0.556. The maximum Gasteiger partial charge on any atom is 0.340 e. The summed E-state index contributed by atoms with van der Waals surface area (Å²) in [7, 11) is 4.13. The number of urea groups is 1. The Kier molecular flexibility index (Phi) is 4.00. The molecule has 1 saturated carbocycles. The zero-order valence-electron chi connectivity index (χ0n) is 14.0. The fourth-order valence-corrected chi connectivity index (χ4v) is 4.00. The van der Waals surface area contributed by atoms with Crippen LogP contribution in [-0.4, -0.2) is 37.8 Å². The van der Waals surface area contributed by atoms with Gasteiger partial charge in [-0.25, -0.2) is 14.2 Å². The summed E-state index contributed by atoms with van der Waals surface area (Å²) < 4.78 is 13.9. The molecule has 2 aliphatic rings. The minimum absolute atomic E-state index is 0.0458. The van der Waals surface area contributed by atoms with Crippen molar-refractivity contribution in [2.45, 2.75) is 38.1 Å². The minimum Gasteiger partial charge on any atom is -0.335 e. The molecule has 0 radical (unpaired) electrons. The topological polar surface area (TPSA) is 44.7 Å². The lowest BCUT2D eigenvalue weighted by molar-refractivity contribution is 0.0618. The molecular formula is C18H24FN3O. The normalized spacial score (nSPS) is 30.7. The van der Waals surface area contributed by atoms with E-state index < -0.39 is 0 Å². The summed E-state index contributed by atoms with van der Waals surface area (Å²) in [4.78, 5) is 17.4. The smallest absolute Gasteiger partial charge is 0.335 e. The van der Waals surface area contributed by atoms with Gasteiger partial charge in [-0.15, -0.1) is 0 Å². The van der Waals surface area contributed by atoms with E-state index >= 15 is 0 Å². The summed E-state index contributed by atoms with van der Waals surface area (Å²) >= 11 is 0. The van der Waals surface area contributed by atoms with Gasteiger partial charge in [0.05, 0.1) is 0 Å². The van der Waals surface area contributed by atoms with Gasteiger partial charge in [0.15, 0.2) is 0 Å². The van der Waals surface area contributed by atoms with Gasteiger partial charge in [-0.3, -0.25) is 4.90 Å². The molecule has 124 valence electrons. The highest BCUT2D eigenvalue weighted by molar-refractivity contribution is 5.88. The molecule has 0 unspecified atom stereocenters. The Morgan fingerprint density at radius 3 is 2.39 bits per heavy atom. The van der Waals surface area contributed by atoms with Crippen LogP contribution in [0, 0.1) is 18.2 Å². The highest BCUT2D eigenvalue weighted by Crippen LogP contribution is 2.48. The second-order valence-electron chi connectivity index (χ2n) is 7.22. The van der Waals surface area contributed by atoms with Crippen LogP contribution in [0.5, 0.6) is 0 Å². The van der Waals surface area contributed by atoms with Crippen molar-refractivity contribution in [3.05, 3.63) is 35.1 Å². The minimum atomic E-state index is -0.249. The van der Waals surface area contributed by atoms with Crippen LogP contribution in [0.2, 0.25) is 0 Å². The van der Waals surface area contributed by atoms with Crippen molar-refractivity contribution in [2.75, 3.05) is 20.6 Å². The Morgan fingerprint density at radius 1 is 1.17 bits per heavy atom. The summed E-state index contributed by atoms with van der Waals surface area (Å²) in [6.07, 6.45) is 5.55. The van der Waals surface area contributed by atoms with Crippen molar-refractivity contribution in [3.63, 3.8) is 0 Å². The van der Waals surface area contributed by atoms with Gasteiger partial charge in [-0.05, 0) is 70.0 Å². The van der Waals surface area contributed by atoms with E-state index in [0.29, 0.717) is 6.54 Å². The first-order valence-corrected chi connectivity index (χ1v) is 8.13. The lowest BCUT2D eigenvalue weighted by Gasteiger charge is -2.49. The number of aliphatic imine (C=N–C) groups is 1. The van der Waals surface area contributed by atoms with Crippen LogP contribution in [0.4, 0.5) is 9.18 Å². The standard InChI is InChI=1S/C18H24FN3O/c1-13-8-14(10-15(19)9-13)18(22(2)3)6-4-17(5-7-18)11-20-16(23)21-12-17/h8-11H,4-7,12H2,1-3H3,(H,21,23). The number of nitrogens with zero attached hydrogens (tertiary/aromatic N) is 2. The van der Waals surface area contributed by atoms with Gasteiger partial charge < -0.3 is 5.32 Å². The summed E-state index contributed by atoms with van der Waals surface area (Å²) in [5, 5.41) is 2.85. The van der Waals surface area contributed by atoms with E-state index in [-0.39, 0.29) is 22.8 Å². The Hall–Kier alpha value is -1.75. The van der Waals surface area contributed by atoms with Crippen molar-refractivity contribution in [1.29, 1.82) is 0 Å². The quantitative estimate of drug-likeness (QED) is 0.910. The molecule has 0 aromatic heterocycles. The lowest BCUT2D eigenvalue weighted by atomic mass is 9.64. The van der Waals surface area contributed by atoms with Crippen LogP contribution >= 0.6 is 0 Å². The monoisotopic (exact) mass is 317 g/mol. The lowest BCUT2D eigenvalue weighted by Crippen LogP contribution is -2.51. The first kappa shape index (κ1) is 16.1. The average Bonchev–Trinajstić information content (AvgIpc) is 2.50. The summed E-state index contributed by atoms with van der Waals surface area (Å²) in [5.74, 6) is -0.173. The van der Waals surface area contributed by atoms with Gasteiger partial charge in [0.25, 0.3) is 0 Å². The molecule has 1 aliphatic heterocycles. The van der Waals surface area contributed by atoms with Gasteiger partial charge in [-0.1, -0.05) is 6.07 Å². The molecule has 1 N–H and O–H groups in total. The average molecular weight is 317 g/mol. The number of nitrogens with one attached hydrogen (secondary N) is 1. The van der Waals surface area contributed by atoms with E-state index in [2.05, 4.69) is 35.4 Å². The van der Waals surface area contributed by atoms with Crippen LogP contribution in [0.25, 0.3) is 0 Å². The van der Waals surface area contributed by atoms with Crippen molar-refractivity contribution in [3.8, 4) is 0 Å². The van der Waals surface area contributed by atoms with E-state index in [1.807, 2.05) is 13.1 Å². The third-order valence-electron chi connectivity index (χ3n) is 5.56. The number of carbonyl (C=O) groups is 1. The zero-order valence-corrected chi connectivity index (χ0v) is 14.0. The molecule has 0 saturated heterocycles. The molecule has 5 heteroatoms. The molecule has 2 amide bonds. The summed E-state index contributed by atoms with van der Waals surface area (Å²) in [5.41, 5.74) is 1.79. The van der Waals surface area contributed by atoms with Crippen LogP contribution in [-0.2, 0) is 5.54 Å². The molecule has 0 atom stereocenters. The Labute approximate surface area is 136 Å². The van der Waals surface area contributed by atoms with Crippen molar-refractivity contribution in [2.24, 2.45) is 10.4 Å². The molecule has 1 spiro atoms.